The van der Waals surface area contributed by atoms with E-state index in [1.807, 2.05) is 0 Å². The third kappa shape index (κ3) is 3.01. The molecule has 1 fully saturated rings. The van der Waals surface area contributed by atoms with E-state index in [-0.39, 0.29) is 11.7 Å². The molecule has 0 unspecified atom stereocenters. The number of rotatable bonds is 2. The average molecular weight is 383 g/mol. The van der Waals surface area contributed by atoms with E-state index in [1.165, 1.54) is 18.9 Å². The van der Waals surface area contributed by atoms with Crippen LogP contribution in [0.15, 0.2) is 26.5 Å². The fourth-order valence-electron chi connectivity index (χ4n) is 2.43. The Morgan fingerprint density at radius 1 is 1.41 bits per heavy atom. The van der Waals surface area contributed by atoms with Crippen LogP contribution in [0.5, 0.6) is 11.5 Å². The highest BCUT2D eigenvalue weighted by Gasteiger charge is 2.27. The van der Waals surface area contributed by atoms with Gasteiger partial charge in [0.1, 0.15) is 0 Å². The minimum atomic E-state index is -0.213. The average Bonchev–Trinajstić information content (AvgIpc) is 3.13. The van der Waals surface area contributed by atoms with Crippen molar-refractivity contribution >= 4 is 44.8 Å². The molecule has 2 aliphatic heterocycles. The normalized spacial score (nSPS) is 19.9. The van der Waals surface area contributed by atoms with Gasteiger partial charge in [0.05, 0.1) is 16.5 Å². The Balaban J connectivity index is 1.84. The molecule has 1 amide bonds. The number of halogens is 1. The summed E-state index contributed by atoms with van der Waals surface area (Å²) in [5, 5.41) is 10.6. The number of carbonyl (C=O) groups excluding carboxylic acids is 1. The molecule has 0 aromatic heterocycles. The molecule has 1 aromatic rings. The van der Waals surface area contributed by atoms with Crippen molar-refractivity contribution in [2.45, 2.75) is 12.8 Å². The van der Waals surface area contributed by atoms with Gasteiger partial charge in [-0.05, 0) is 64.3 Å². The standard InChI is InChI=1S/C15H15BrN2O3S/c1-21-11-7-9(6-10(16)13(11)19)8-12-14(20)17-15(22-12)18-4-2-3-5-18/h6-8,19H,2-5H2,1H3/b12-8+. The number of amidine groups is 1. The van der Waals surface area contributed by atoms with Crippen LogP contribution in [0.4, 0.5) is 0 Å². The zero-order valence-corrected chi connectivity index (χ0v) is 14.4. The molecule has 2 aliphatic rings. The van der Waals surface area contributed by atoms with Crippen LogP contribution in [0.2, 0.25) is 0 Å². The molecule has 116 valence electrons. The van der Waals surface area contributed by atoms with Gasteiger partial charge in [0, 0.05) is 13.1 Å². The van der Waals surface area contributed by atoms with E-state index in [2.05, 4.69) is 25.8 Å². The number of ether oxygens (including phenoxy) is 1. The molecule has 5 nitrogen and oxygen atoms in total. The highest BCUT2D eigenvalue weighted by Crippen LogP contribution is 2.37. The van der Waals surface area contributed by atoms with Crippen LogP contribution in [-0.4, -0.2) is 41.3 Å². The van der Waals surface area contributed by atoms with E-state index in [1.54, 1.807) is 18.2 Å². The SMILES string of the molecule is COc1cc(/C=C2/SC(N3CCCC3)=NC2=O)cc(Br)c1O. The second-order valence-corrected chi connectivity index (χ2v) is 6.92. The van der Waals surface area contributed by atoms with Crippen molar-refractivity contribution < 1.29 is 14.6 Å². The zero-order valence-electron chi connectivity index (χ0n) is 12.0. The lowest BCUT2D eigenvalue weighted by Gasteiger charge is -2.14. The second-order valence-electron chi connectivity index (χ2n) is 5.06. The van der Waals surface area contributed by atoms with Crippen LogP contribution in [0.1, 0.15) is 18.4 Å². The van der Waals surface area contributed by atoms with Gasteiger partial charge in [-0.3, -0.25) is 4.79 Å². The van der Waals surface area contributed by atoms with E-state index >= 15 is 0 Å². The Kier molecular flexibility index (Phi) is 4.44. The van der Waals surface area contributed by atoms with Gasteiger partial charge in [0.2, 0.25) is 0 Å². The maximum atomic E-state index is 12.1. The lowest BCUT2D eigenvalue weighted by atomic mass is 10.2. The molecule has 1 saturated heterocycles. The fourth-order valence-corrected chi connectivity index (χ4v) is 3.85. The molecule has 0 saturated carbocycles. The number of hydrogen-bond acceptors (Lipinski definition) is 5. The first-order chi connectivity index (χ1) is 10.6. The minimum Gasteiger partial charge on any atom is -0.503 e. The maximum Gasteiger partial charge on any atom is 0.286 e. The molecule has 0 radical (unpaired) electrons. The molecule has 7 heteroatoms. The van der Waals surface area contributed by atoms with Crippen LogP contribution in [0.3, 0.4) is 0 Å². The predicted molar refractivity (Wildman–Crippen MR) is 91.2 cm³/mol. The summed E-state index contributed by atoms with van der Waals surface area (Å²) in [4.78, 5) is 18.9. The highest BCUT2D eigenvalue weighted by atomic mass is 79.9. The molecule has 22 heavy (non-hydrogen) atoms. The summed E-state index contributed by atoms with van der Waals surface area (Å²) < 4.78 is 5.65. The number of carbonyl (C=O) groups is 1. The molecule has 1 aromatic carbocycles. The first kappa shape index (κ1) is 15.4. The summed E-state index contributed by atoms with van der Waals surface area (Å²) >= 11 is 4.68. The van der Waals surface area contributed by atoms with E-state index in [0.29, 0.717) is 15.1 Å². The van der Waals surface area contributed by atoms with Crippen molar-refractivity contribution in [3.8, 4) is 11.5 Å². The Hall–Kier alpha value is -1.47. The molecule has 2 heterocycles. The molecule has 0 atom stereocenters. The van der Waals surface area contributed by atoms with Crippen LogP contribution in [0.25, 0.3) is 6.08 Å². The van der Waals surface area contributed by atoms with Crippen molar-refractivity contribution in [1.82, 2.24) is 4.90 Å². The van der Waals surface area contributed by atoms with Gasteiger partial charge in [0.25, 0.3) is 5.91 Å². The number of phenolic OH excluding ortho intramolecular Hbond substituents is 1. The van der Waals surface area contributed by atoms with Crippen molar-refractivity contribution in [3.63, 3.8) is 0 Å². The number of likely N-dealkylation sites (tertiary alicyclic amines) is 1. The number of phenols is 1. The molecule has 1 N–H and O–H groups in total. The van der Waals surface area contributed by atoms with Gasteiger partial charge in [-0.25, -0.2) is 0 Å². The van der Waals surface area contributed by atoms with Gasteiger partial charge in [-0.2, -0.15) is 4.99 Å². The lowest BCUT2D eigenvalue weighted by molar-refractivity contribution is -0.113. The van der Waals surface area contributed by atoms with Crippen LogP contribution in [0, 0.1) is 0 Å². The Labute approximate surface area is 141 Å². The number of benzene rings is 1. The highest BCUT2D eigenvalue weighted by molar-refractivity contribution is 9.10. The molecule has 0 aliphatic carbocycles. The fraction of sp³-hybridized carbons (Fsp3) is 0.333. The minimum absolute atomic E-state index is 0.0454. The molecule has 0 spiro atoms. The Morgan fingerprint density at radius 2 is 2.14 bits per heavy atom. The van der Waals surface area contributed by atoms with Gasteiger partial charge < -0.3 is 14.7 Å². The molecular weight excluding hydrogens is 368 g/mol. The lowest BCUT2D eigenvalue weighted by Crippen LogP contribution is -2.23. The van der Waals surface area contributed by atoms with E-state index in [9.17, 15) is 9.90 Å². The molecule has 0 bridgehead atoms. The third-order valence-corrected chi connectivity index (χ3v) is 5.20. The predicted octanol–water partition coefficient (Wildman–Crippen LogP) is 3.23. The summed E-state index contributed by atoms with van der Waals surface area (Å²) in [6.45, 7) is 1.93. The molecule has 3 rings (SSSR count). The van der Waals surface area contributed by atoms with Crippen LogP contribution in [-0.2, 0) is 4.79 Å². The van der Waals surface area contributed by atoms with Gasteiger partial charge in [0.15, 0.2) is 16.7 Å². The Morgan fingerprint density at radius 3 is 2.82 bits per heavy atom. The van der Waals surface area contributed by atoms with E-state index in [0.717, 1.165) is 36.7 Å². The van der Waals surface area contributed by atoms with Gasteiger partial charge in [-0.1, -0.05) is 0 Å². The Bertz CT molecular complexity index is 682. The van der Waals surface area contributed by atoms with E-state index < -0.39 is 0 Å². The number of amides is 1. The topological polar surface area (TPSA) is 62.1 Å². The van der Waals surface area contributed by atoms with Gasteiger partial charge in [-0.15, -0.1) is 0 Å². The smallest absolute Gasteiger partial charge is 0.286 e. The maximum absolute atomic E-state index is 12.1. The number of thioether (sulfide) groups is 1. The van der Waals surface area contributed by atoms with Crippen molar-refractivity contribution in [2.24, 2.45) is 4.99 Å². The van der Waals surface area contributed by atoms with Crippen molar-refractivity contribution in [1.29, 1.82) is 0 Å². The summed E-state index contributed by atoms with van der Waals surface area (Å²) in [5.74, 6) is 0.191. The number of aromatic hydroxyl groups is 1. The van der Waals surface area contributed by atoms with Crippen molar-refractivity contribution in [3.05, 3.63) is 27.1 Å². The summed E-state index contributed by atoms with van der Waals surface area (Å²) in [6, 6.07) is 3.43. The monoisotopic (exact) mass is 382 g/mol. The van der Waals surface area contributed by atoms with Crippen LogP contribution >= 0.6 is 27.7 Å². The number of nitrogens with zero attached hydrogens (tertiary/aromatic N) is 2. The molecular formula is C15H15BrN2O3S. The first-order valence-electron chi connectivity index (χ1n) is 6.92. The largest absolute Gasteiger partial charge is 0.503 e. The summed E-state index contributed by atoms with van der Waals surface area (Å²) in [6.07, 6.45) is 4.07. The number of aliphatic imine (C=N–C) groups is 1. The zero-order chi connectivity index (χ0) is 15.7. The van der Waals surface area contributed by atoms with Crippen LogP contribution < -0.4 is 4.74 Å². The summed E-state index contributed by atoms with van der Waals surface area (Å²) in [5.41, 5.74) is 0.773. The first-order valence-corrected chi connectivity index (χ1v) is 8.53. The summed E-state index contributed by atoms with van der Waals surface area (Å²) in [7, 11) is 1.49. The van der Waals surface area contributed by atoms with Gasteiger partial charge >= 0.3 is 0 Å². The second kappa shape index (κ2) is 6.34. The van der Waals surface area contributed by atoms with E-state index in [4.69, 9.17) is 4.74 Å². The van der Waals surface area contributed by atoms with Crippen molar-refractivity contribution in [2.75, 3.05) is 20.2 Å². The number of methoxy groups -OCH3 is 1. The quantitative estimate of drug-likeness (QED) is 0.795. The number of hydrogen-bond donors (Lipinski definition) is 1. The third-order valence-electron chi connectivity index (χ3n) is 3.55.